The predicted molar refractivity (Wildman–Crippen MR) is 102 cm³/mol. The van der Waals surface area contributed by atoms with Gasteiger partial charge >= 0.3 is 28.2 Å². The van der Waals surface area contributed by atoms with Crippen molar-refractivity contribution in [1.29, 1.82) is 0 Å². The van der Waals surface area contributed by atoms with E-state index >= 15 is 0 Å². The van der Waals surface area contributed by atoms with Gasteiger partial charge in [0.15, 0.2) is 0 Å². The number of hydrogen-bond acceptors (Lipinski definition) is 6. The fourth-order valence-electron chi connectivity index (χ4n) is 2.05. The van der Waals surface area contributed by atoms with Crippen LogP contribution in [0.3, 0.4) is 0 Å². The van der Waals surface area contributed by atoms with Gasteiger partial charge in [0.25, 0.3) is 6.61 Å². The van der Waals surface area contributed by atoms with Gasteiger partial charge in [0, 0.05) is 0 Å². The van der Waals surface area contributed by atoms with Crippen LogP contribution in [-0.4, -0.2) is 44.3 Å². The molecule has 2 rings (SSSR count). The molecule has 150 valence electrons. The number of carboxylic acid groups (broad SMARTS) is 1. The number of halogens is 2. The first kappa shape index (κ1) is 21.8. The van der Waals surface area contributed by atoms with Crippen LogP contribution in [0.4, 0.5) is 5.69 Å². The molecule has 8 nitrogen and oxygen atoms in total. The summed E-state index contributed by atoms with van der Waals surface area (Å²) >= 11 is 12.2. The van der Waals surface area contributed by atoms with Crippen molar-refractivity contribution < 1.29 is 36.8 Å². The van der Waals surface area contributed by atoms with E-state index in [2.05, 4.69) is 0 Å². The van der Waals surface area contributed by atoms with E-state index < -0.39 is 22.7 Å². The number of aryl methyl sites for hydroxylation is 1. The summed E-state index contributed by atoms with van der Waals surface area (Å²) < 4.78 is 35.6. The Morgan fingerprint density at radius 1 is 1.14 bits per heavy atom. The Kier molecular flexibility index (Phi) is 7.11. The molecule has 0 aliphatic rings. The monoisotopic (exact) mass is 448 g/mol. The first-order valence-electron chi connectivity index (χ1n) is 7.65. The van der Waals surface area contributed by atoms with Crippen LogP contribution in [0, 0.1) is 6.92 Å². The summed E-state index contributed by atoms with van der Waals surface area (Å²) in [7, 11) is -2.90. The van der Waals surface area contributed by atoms with Crippen molar-refractivity contribution in [2.24, 2.45) is 0 Å². The van der Waals surface area contributed by atoms with Gasteiger partial charge in [0.2, 0.25) is 5.75 Å². The minimum absolute atomic E-state index is 0.0305. The van der Waals surface area contributed by atoms with Crippen molar-refractivity contribution in [2.75, 3.05) is 13.7 Å². The number of rotatable bonds is 8. The third-order valence-electron chi connectivity index (χ3n) is 3.36. The van der Waals surface area contributed by atoms with E-state index in [-0.39, 0.29) is 26.4 Å². The fraction of sp³-hybridized carbons (Fsp3) is 0.176. The number of aliphatic carboxylic acids is 1. The maximum Gasteiger partial charge on any atom is 0.396 e. The Balaban J connectivity index is 2.48. The second-order valence-electron chi connectivity index (χ2n) is 5.37. The summed E-state index contributed by atoms with van der Waals surface area (Å²) in [6.07, 6.45) is 0.665. The average molecular weight is 449 g/mol. The SMILES string of the molecule is COc1c(Cl)ccc(Cl)c1[N+](=COS(=O)(=O)c1ccc(C)cc1)OCC(=O)O. The Labute approximate surface area is 171 Å². The molecule has 0 unspecified atom stereocenters. The van der Waals surface area contributed by atoms with Crippen molar-refractivity contribution in [3.8, 4) is 5.75 Å². The molecular formula is C17H16Cl2NO7S+. The van der Waals surface area contributed by atoms with E-state index in [1.165, 1.54) is 31.4 Å². The second kappa shape index (κ2) is 9.13. The number of hydrogen-bond donors (Lipinski definition) is 1. The highest BCUT2D eigenvalue weighted by molar-refractivity contribution is 7.87. The fourth-order valence-corrected chi connectivity index (χ4v) is 3.28. The van der Waals surface area contributed by atoms with E-state index in [0.717, 1.165) is 10.3 Å². The van der Waals surface area contributed by atoms with Crippen LogP contribution < -0.4 is 4.74 Å². The molecule has 1 N–H and O–H groups in total. The molecule has 0 heterocycles. The zero-order chi connectivity index (χ0) is 20.9. The summed E-state index contributed by atoms with van der Waals surface area (Å²) in [5.74, 6) is -1.27. The molecule has 0 atom stereocenters. The lowest BCUT2D eigenvalue weighted by molar-refractivity contribution is -0.726. The van der Waals surface area contributed by atoms with Gasteiger partial charge in [0.1, 0.15) is 9.92 Å². The Bertz CT molecular complexity index is 1000. The second-order valence-corrected chi connectivity index (χ2v) is 7.76. The predicted octanol–water partition coefficient (Wildman–Crippen LogP) is 3.40. The summed E-state index contributed by atoms with van der Waals surface area (Å²) in [5.41, 5.74) is 0.835. The van der Waals surface area contributed by atoms with Crippen LogP contribution in [-0.2, 0) is 23.9 Å². The number of nitrogens with zero attached hydrogens (tertiary/aromatic N) is 1. The molecule has 11 heteroatoms. The zero-order valence-electron chi connectivity index (χ0n) is 14.8. The molecule has 0 saturated carbocycles. The minimum atomic E-state index is -4.20. The van der Waals surface area contributed by atoms with E-state index in [9.17, 15) is 13.2 Å². The molecular weight excluding hydrogens is 433 g/mol. The van der Waals surface area contributed by atoms with Gasteiger partial charge in [-0.05, 0) is 31.2 Å². The van der Waals surface area contributed by atoms with Crippen molar-refractivity contribution in [3.05, 3.63) is 52.0 Å². The third kappa shape index (κ3) is 5.28. The Morgan fingerprint density at radius 2 is 1.75 bits per heavy atom. The molecule has 0 fully saturated rings. The highest BCUT2D eigenvalue weighted by Gasteiger charge is 2.28. The summed E-state index contributed by atoms with van der Waals surface area (Å²) in [6, 6.07) is 8.80. The molecule has 0 spiro atoms. The van der Waals surface area contributed by atoms with Crippen LogP contribution in [0.25, 0.3) is 0 Å². The Morgan fingerprint density at radius 3 is 2.32 bits per heavy atom. The van der Waals surface area contributed by atoms with Gasteiger partial charge in [0.05, 0.1) is 16.9 Å². The van der Waals surface area contributed by atoms with Crippen molar-refractivity contribution in [3.63, 3.8) is 0 Å². The smallest absolute Gasteiger partial charge is 0.396 e. The van der Waals surface area contributed by atoms with Gasteiger partial charge < -0.3 is 14.0 Å². The normalized spacial score (nSPS) is 11.8. The van der Waals surface area contributed by atoms with Crippen LogP contribution in [0.1, 0.15) is 5.56 Å². The van der Waals surface area contributed by atoms with E-state index in [4.69, 9.17) is 42.1 Å². The van der Waals surface area contributed by atoms with E-state index in [1.807, 2.05) is 0 Å². The molecule has 0 amide bonds. The molecule has 0 radical (unpaired) electrons. The first-order valence-corrected chi connectivity index (χ1v) is 9.81. The largest absolute Gasteiger partial charge is 0.489 e. The van der Waals surface area contributed by atoms with Crippen LogP contribution in [0.2, 0.25) is 10.0 Å². The highest BCUT2D eigenvalue weighted by Crippen LogP contribution is 2.40. The van der Waals surface area contributed by atoms with E-state index in [0.29, 0.717) is 6.40 Å². The molecule has 0 saturated heterocycles. The van der Waals surface area contributed by atoms with Crippen molar-refractivity contribution in [2.45, 2.75) is 11.8 Å². The van der Waals surface area contributed by atoms with Crippen molar-refractivity contribution >= 4 is 51.4 Å². The number of benzene rings is 2. The Hall–Kier alpha value is -2.49. The zero-order valence-corrected chi connectivity index (χ0v) is 17.1. The lowest BCUT2D eigenvalue weighted by Crippen LogP contribution is -2.19. The van der Waals surface area contributed by atoms with Crippen LogP contribution >= 0.6 is 23.2 Å². The van der Waals surface area contributed by atoms with Crippen LogP contribution in [0.5, 0.6) is 5.75 Å². The lowest BCUT2D eigenvalue weighted by atomic mass is 10.2. The third-order valence-corrected chi connectivity index (χ3v) is 5.15. The summed E-state index contributed by atoms with van der Waals surface area (Å²) in [4.78, 5) is 15.9. The lowest BCUT2D eigenvalue weighted by Gasteiger charge is -2.08. The maximum atomic E-state index is 12.4. The molecule has 2 aromatic carbocycles. The number of carboxylic acids is 1. The van der Waals surface area contributed by atoms with Crippen molar-refractivity contribution in [1.82, 2.24) is 0 Å². The number of ether oxygens (including phenoxy) is 1. The maximum absolute atomic E-state index is 12.4. The minimum Gasteiger partial charge on any atom is -0.489 e. The molecule has 0 aromatic heterocycles. The summed E-state index contributed by atoms with van der Waals surface area (Å²) in [6.45, 7) is 0.995. The van der Waals surface area contributed by atoms with E-state index in [1.54, 1.807) is 19.1 Å². The van der Waals surface area contributed by atoms with Gasteiger partial charge in [-0.15, -0.1) is 0 Å². The topological polar surface area (TPSA) is 102 Å². The molecule has 0 bridgehead atoms. The van der Waals surface area contributed by atoms with Gasteiger partial charge in [-0.3, -0.25) is 4.84 Å². The van der Waals surface area contributed by atoms with Gasteiger partial charge in [-0.1, -0.05) is 40.9 Å². The standard InChI is InChI=1S/C17H15Cl2NO7S/c1-11-3-5-12(6-4-11)28(23,24)27-10-20(26-9-15(21)22)16-13(18)7-8-14(19)17(16)25-2/h3-8,10H,9H2,1-2H3/p+1. The number of carbonyl (C=O) groups is 1. The van der Waals surface area contributed by atoms with Gasteiger partial charge in [-0.25, -0.2) is 4.79 Å². The molecule has 28 heavy (non-hydrogen) atoms. The molecule has 0 aliphatic carbocycles. The number of methoxy groups -OCH3 is 1. The molecule has 0 aliphatic heterocycles. The van der Waals surface area contributed by atoms with Gasteiger partial charge in [-0.2, -0.15) is 8.42 Å². The quantitative estimate of drug-likeness (QED) is 0.217. The first-order chi connectivity index (χ1) is 13.2. The molecule has 2 aromatic rings. The highest BCUT2D eigenvalue weighted by atomic mass is 35.5. The average Bonchev–Trinajstić information content (AvgIpc) is 2.64. The van der Waals surface area contributed by atoms with Crippen LogP contribution in [0.15, 0.2) is 41.3 Å². The summed E-state index contributed by atoms with van der Waals surface area (Å²) in [5, 5.41) is 9.07.